The van der Waals surface area contributed by atoms with E-state index in [1.54, 1.807) is 11.6 Å². The summed E-state index contributed by atoms with van der Waals surface area (Å²) in [5.41, 5.74) is 8.23. The maximum absolute atomic E-state index is 13.6. The maximum Gasteiger partial charge on any atom is 0.267 e. The molecule has 1 amide bonds. The van der Waals surface area contributed by atoms with Gasteiger partial charge in [-0.05, 0) is 65.8 Å². The molecule has 0 saturated carbocycles. The summed E-state index contributed by atoms with van der Waals surface area (Å²) in [5, 5.41) is 16.7. The summed E-state index contributed by atoms with van der Waals surface area (Å²) >= 11 is 0. The van der Waals surface area contributed by atoms with Crippen LogP contribution < -0.4 is 5.48 Å². The number of hydrogen-bond donors (Lipinski definition) is 4. The summed E-state index contributed by atoms with van der Waals surface area (Å²) < 4.78 is 13.6. The zero-order chi connectivity index (χ0) is 23.5. The normalized spacial score (nSPS) is 15.4. The number of aromatic amines is 2. The number of fused-ring (bicyclic) bond motifs is 2. The number of hydroxylamine groups is 1. The highest BCUT2D eigenvalue weighted by molar-refractivity contribution is 5.90. The summed E-state index contributed by atoms with van der Waals surface area (Å²) in [6, 6.07) is 11.4. The molecule has 34 heavy (non-hydrogen) atoms. The van der Waals surface area contributed by atoms with Crippen molar-refractivity contribution in [3.8, 4) is 0 Å². The Hall–Kier alpha value is -3.75. The van der Waals surface area contributed by atoms with Crippen molar-refractivity contribution in [2.75, 3.05) is 6.54 Å². The van der Waals surface area contributed by atoms with Gasteiger partial charge in [0.1, 0.15) is 5.82 Å². The molecule has 1 aliphatic carbocycles. The molecule has 7 nitrogen and oxygen atoms in total. The second-order valence-corrected chi connectivity index (χ2v) is 8.65. The Morgan fingerprint density at radius 3 is 3.00 bits per heavy atom. The minimum atomic E-state index is -0.551. The van der Waals surface area contributed by atoms with E-state index in [1.165, 1.54) is 34.9 Å². The van der Waals surface area contributed by atoms with Gasteiger partial charge in [0.15, 0.2) is 0 Å². The molecule has 2 aromatic carbocycles. The summed E-state index contributed by atoms with van der Waals surface area (Å²) in [4.78, 5) is 17.0. The number of H-pyrrole nitrogens is 2. The van der Waals surface area contributed by atoms with Gasteiger partial charge >= 0.3 is 0 Å². The minimum absolute atomic E-state index is 0.240. The number of benzene rings is 2. The first-order chi connectivity index (χ1) is 16.6. The van der Waals surface area contributed by atoms with Gasteiger partial charge in [-0.15, -0.1) is 0 Å². The smallest absolute Gasteiger partial charge is 0.267 e. The fourth-order valence-corrected chi connectivity index (χ4v) is 4.88. The van der Waals surface area contributed by atoms with Crippen molar-refractivity contribution in [3.05, 3.63) is 94.7 Å². The first-order valence-electron chi connectivity index (χ1n) is 11.3. The third-order valence-electron chi connectivity index (χ3n) is 6.53. The zero-order valence-corrected chi connectivity index (χ0v) is 18.6. The van der Waals surface area contributed by atoms with Crippen LogP contribution in [-0.2, 0) is 24.2 Å². The molecule has 1 unspecified atom stereocenters. The Kier molecular flexibility index (Phi) is 6.24. The van der Waals surface area contributed by atoms with Gasteiger partial charge in [0.25, 0.3) is 5.91 Å². The van der Waals surface area contributed by atoms with Crippen LogP contribution >= 0.6 is 0 Å². The lowest BCUT2D eigenvalue weighted by atomic mass is 10.0. The van der Waals surface area contributed by atoms with E-state index in [0.29, 0.717) is 0 Å². The van der Waals surface area contributed by atoms with Crippen LogP contribution in [0.15, 0.2) is 61.1 Å². The van der Waals surface area contributed by atoms with Crippen LogP contribution in [0.25, 0.3) is 17.0 Å². The third-order valence-corrected chi connectivity index (χ3v) is 6.53. The van der Waals surface area contributed by atoms with Gasteiger partial charge in [-0.25, -0.2) is 9.87 Å². The van der Waals surface area contributed by atoms with Gasteiger partial charge in [0.2, 0.25) is 0 Å². The molecule has 0 saturated heterocycles. The molecule has 0 bridgehead atoms. The molecule has 1 atom stereocenters. The average molecular weight is 460 g/mol. The fourth-order valence-electron chi connectivity index (χ4n) is 4.88. The highest BCUT2D eigenvalue weighted by atomic mass is 19.1. The molecule has 1 aliphatic rings. The first kappa shape index (κ1) is 22.1. The predicted molar refractivity (Wildman–Crippen MR) is 127 cm³/mol. The summed E-state index contributed by atoms with van der Waals surface area (Å²) in [6.07, 6.45) is 11.6. The summed E-state index contributed by atoms with van der Waals surface area (Å²) in [5.74, 6) is -0.791. The number of halogens is 1. The van der Waals surface area contributed by atoms with E-state index in [-0.39, 0.29) is 11.9 Å². The lowest BCUT2D eigenvalue weighted by molar-refractivity contribution is -0.124. The monoisotopic (exact) mass is 459 g/mol. The van der Waals surface area contributed by atoms with Gasteiger partial charge in [0, 0.05) is 54.1 Å². The van der Waals surface area contributed by atoms with Crippen molar-refractivity contribution in [1.29, 1.82) is 0 Å². The fraction of sp³-hybridized carbons (Fsp3) is 0.231. The zero-order valence-electron chi connectivity index (χ0n) is 18.6. The van der Waals surface area contributed by atoms with Crippen LogP contribution in [0.4, 0.5) is 4.39 Å². The van der Waals surface area contributed by atoms with Gasteiger partial charge in [-0.1, -0.05) is 18.2 Å². The minimum Gasteiger partial charge on any atom is -0.361 e. The van der Waals surface area contributed by atoms with E-state index in [0.717, 1.165) is 54.4 Å². The third kappa shape index (κ3) is 4.64. The van der Waals surface area contributed by atoms with Crippen LogP contribution in [0.3, 0.4) is 0 Å². The topological polar surface area (TPSA) is 97.0 Å². The Labute approximate surface area is 196 Å². The lowest BCUT2D eigenvalue weighted by Crippen LogP contribution is -2.29. The number of carbonyl (C=O) groups is 1. The van der Waals surface area contributed by atoms with Crippen LogP contribution in [0, 0.1) is 5.82 Å². The predicted octanol–water partition coefficient (Wildman–Crippen LogP) is 4.28. The molecule has 2 aromatic heterocycles. The highest BCUT2D eigenvalue weighted by Gasteiger charge is 2.28. The Morgan fingerprint density at radius 1 is 1.26 bits per heavy atom. The standard InChI is InChI=1S/C26H26FN5O2/c27-21-4-6-22-20(15-28-24(22)12-21)9-10-32(16-18-13-29-30-14-18)25-7-3-19-11-17(1-5-23(19)25)2-8-26(33)31-34/h1-2,4-6,8,11-15,25,28,34H,3,7,9-10,16H2,(H,29,30)(H,31,33). The van der Waals surface area contributed by atoms with Crippen LogP contribution in [-0.4, -0.2) is 37.7 Å². The Morgan fingerprint density at radius 2 is 2.18 bits per heavy atom. The van der Waals surface area contributed by atoms with Crippen molar-refractivity contribution in [2.24, 2.45) is 0 Å². The van der Waals surface area contributed by atoms with Crippen molar-refractivity contribution in [3.63, 3.8) is 0 Å². The number of amides is 1. The second kappa shape index (κ2) is 9.62. The van der Waals surface area contributed by atoms with Crippen LogP contribution in [0.2, 0.25) is 0 Å². The van der Waals surface area contributed by atoms with Crippen molar-refractivity contribution < 1.29 is 14.4 Å². The van der Waals surface area contributed by atoms with Gasteiger partial charge in [-0.2, -0.15) is 5.10 Å². The molecule has 0 fully saturated rings. The van der Waals surface area contributed by atoms with Crippen molar-refractivity contribution in [1.82, 2.24) is 25.6 Å². The molecule has 4 aromatic rings. The van der Waals surface area contributed by atoms with E-state index in [9.17, 15) is 9.18 Å². The molecule has 8 heteroatoms. The number of nitrogens with zero attached hydrogens (tertiary/aromatic N) is 2. The lowest BCUT2D eigenvalue weighted by Gasteiger charge is -2.29. The van der Waals surface area contributed by atoms with Gasteiger partial charge in [-0.3, -0.25) is 20.0 Å². The van der Waals surface area contributed by atoms with E-state index in [4.69, 9.17) is 5.21 Å². The number of rotatable bonds is 8. The number of aromatic nitrogens is 3. The number of carbonyl (C=O) groups excluding carboxylic acids is 1. The molecular weight excluding hydrogens is 433 g/mol. The second-order valence-electron chi connectivity index (χ2n) is 8.65. The first-order valence-corrected chi connectivity index (χ1v) is 11.3. The molecule has 5 rings (SSSR count). The molecular formula is C26H26FN5O2. The van der Waals surface area contributed by atoms with Crippen molar-refractivity contribution in [2.45, 2.75) is 31.8 Å². The SMILES string of the molecule is O=C(C=Cc1ccc2c(c1)CCC2N(CCc1c[nH]c2cc(F)ccc12)Cc1cn[nH]c1)NO. The molecule has 174 valence electrons. The van der Waals surface area contributed by atoms with E-state index in [2.05, 4.69) is 32.2 Å². The van der Waals surface area contributed by atoms with Crippen LogP contribution in [0.5, 0.6) is 0 Å². The largest absolute Gasteiger partial charge is 0.361 e. The van der Waals surface area contributed by atoms with E-state index in [1.807, 2.05) is 30.7 Å². The van der Waals surface area contributed by atoms with Crippen LogP contribution in [0.1, 0.15) is 40.3 Å². The average Bonchev–Trinajstić information content (AvgIpc) is 3.59. The molecule has 0 spiro atoms. The Balaban J connectivity index is 1.37. The Bertz CT molecular complexity index is 1330. The van der Waals surface area contributed by atoms with Gasteiger partial charge < -0.3 is 4.98 Å². The van der Waals surface area contributed by atoms with E-state index >= 15 is 0 Å². The molecule has 0 aliphatic heterocycles. The quantitative estimate of drug-likeness (QED) is 0.180. The highest BCUT2D eigenvalue weighted by Crippen LogP contribution is 2.37. The summed E-state index contributed by atoms with van der Waals surface area (Å²) in [6.45, 7) is 1.62. The maximum atomic E-state index is 13.6. The van der Waals surface area contributed by atoms with Crippen molar-refractivity contribution >= 4 is 22.9 Å². The van der Waals surface area contributed by atoms with Gasteiger partial charge in [0.05, 0.1) is 6.20 Å². The summed E-state index contributed by atoms with van der Waals surface area (Å²) in [7, 11) is 0. The molecule has 2 heterocycles. The number of nitrogens with one attached hydrogen (secondary N) is 3. The van der Waals surface area contributed by atoms with E-state index < -0.39 is 5.91 Å². The number of hydrogen-bond acceptors (Lipinski definition) is 4. The number of aryl methyl sites for hydroxylation is 1. The molecule has 4 N–H and O–H groups in total. The molecule has 0 radical (unpaired) electrons.